The number of likely N-dealkylation sites (tertiary alicyclic amines) is 1. The van der Waals surface area contributed by atoms with E-state index in [1.54, 1.807) is 18.2 Å². The van der Waals surface area contributed by atoms with Crippen molar-refractivity contribution in [3.63, 3.8) is 0 Å². The number of hydrogen-bond donors (Lipinski definition) is 1. The molecule has 0 spiro atoms. The fraction of sp³-hybridized carbons (Fsp3) is 0.300. The number of halogens is 1. The van der Waals surface area contributed by atoms with Crippen LogP contribution in [0.2, 0.25) is 5.02 Å². The molecule has 0 saturated carbocycles. The predicted octanol–water partition coefficient (Wildman–Crippen LogP) is 3.79. The van der Waals surface area contributed by atoms with Gasteiger partial charge in [-0.15, -0.1) is 0 Å². The van der Waals surface area contributed by atoms with Crippen LogP contribution in [-0.2, 0) is 16.1 Å². The van der Waals surface area contributed by atoms with Crippen molar-refractivity contribution < 1.29 is 14.3 Å². The molecule has 2 aromatic carbocycles. The molecule has 0 bridgehead atoms. The number of aryl methyl sites for hydroxylation is 1. The first-order valence-corrected chi connectivity index (χ1v) is 8.94. The summed E-state index contributed by atoms with van der Waals surface area (Å²) < 4.78 is 5.55. The van der Waals surface area contributed by atoms with Crippen molar-refractivity contribution in [2.75, 3.05) is 18.5 Å². The molecule has 0 radical (unpaired) electrons. The fourth-order valence-corrected chi connectivity index (χ4v) is 3.18. The van der Waals surface area contributed by atoms with Crippen LogP contribution in [0.5, 0.6) is 5.75 Å². The van der Waals surface area contributed by atoms with Gasteiger partial charge in [0, 0.05) is 30.2 Å². The molecule has 1 N–H and O–H groups in total. The fourth-order valence-electron chi connectivity index (χ4n) is 2.95. The summed E-state index contributed by atoms with van der Waals surface area (Å²) >= 11 is 5.91. The standard InChI is InChI=1S/C20H21ClN2O3/c1-14-10-16(21)7-8-18(14)26-13-19(24)22-17-5-2-4-15(11-17)12-23-9-3-6-20(23)25/h2,4-5,7-8,10-11H,3,6,9,12-13H2,1H3,(H,22,24). The highest BCUT2D eigenvalue weighted by molar-refractivity contribution is 6.30. The van der Waals surface area contributed by atoms with E-state index in [9.17, 15) is 9.59 Å². The normalized spacial score (nSPS) is 13.8. The summed E-state index contributed by atoms with van der Waals surface area (Å²) in [4.78, 5) is 25.7. The Labute approximate surface area is 157 Å². The van der Waals surface area contributed by atoms with Gasteiger partial charge in [0.15, 0.2) is 6.61 Å². The number of nitrogens with zero attached hydrogens (tertiary/aromatic N) is 1. The van der Waals surface area contributed by atoms with Crippen LogP contribution in [0.25, 0.3) is 0 Å². The predicted molar refractivity (Wildman–Crippen MR) is 101 cm³/mol. The first kappa shape index (κ1) is 18.3. The Morgan fingerprint density at radius 3 is 2.85 bits per heavy atom. The molecule has 3 rings (SSSR count). The summed E-state index contributed by atoms with van der Waals surface area (Å²) in [7, 11) is 0. The molecule has 136 valence electrons. The number of amides is 2. The topological polar surface area (TPSA) is 58.6 Å². The molecule has 1 saturated heterocycles. The molecule has 1 heterocycles. The van der Waals surface area contributed by atoms with E-state index in [0.29, 0.717) is 29.4 Å². The molecular formula is C20H21ClN2O3. The first-order chi connectivity index (χ1) is 12.5. The van der Waals surface area contributed by atoms with Gasteiger partial charge in [0.1, 0.15) is 5.75 Å². The van der Waals surface area contributed by atoms with Gasteiger partial charge < -0.3 is 15.0 Å². The highest BCUT2D eigenvalue weighted by Crippen LogP contribution is 2.22. The van der Waals surface area contributed by atoms with Crippen molar-refractivity contribution in [3.05, 3.63) is 58.6 Å². The van der Waals surface area contributed by atoms with E-state index in [4.69, 9.17) is 16.3 Å². The maximum Gasteiger partial charge on any atom is 0.262 e. The molecule has 0 aliphatic carbocycles. The van der Waals surface area contributed by atoms with E-state index in [-0.39, 0.29) is 18.4 Å². The van der Waals surface area contributed by atoms with E-state index < -0.39 is 0 Å². The molecule has 1 fully saturated rings. The lowest BCUT2D eigenvalue weighted by Crippen LogP contribution is -2.24. The molecule has 1 aliphatic rings. The lowest BCUT2D eigenvalue weighted by Gasteiger charge is -2.16. The Bertz CT molecular complexity index is 822. The van der Waals surface area contributed by atoms with Crippen LogP contribution in [0.15, 0.2) is 42.5 Å². The Balaban J connectivity index is 1.55. The third-order valence-electron chi connectivity index (χ3n) is 4.25. The maximum atomic E-state index is 12.1. The van der Waals surface area contributed by atoms with Gasteiger partial charge in [0.25, 0.3) is 5.91 Å². The van der Waals surface area contributed by atoms with Crippen molar-refractivity contribution in [1.82, 2.24) is 4.90 Å². The largest absolute Gasteiger partial charge is 0.483 e. The number of ether oxygens (including phenoxy) is 1. The minimum atomic E-state index is -0.242. The van der Waals surface area contributed by atoms with Crippen LogP contribution in [-0.4, -0.2) is 29.9 Å². The summed E-state index contributed by atoms with van der Waals surface area (Å²) in [5.41, 5.74) is 2.56. The number of benzene rings is 2. The third-order valence-corrected chi connectivity index (χ3v) is 4.49. The van der Waals surface area contributed by atoms with Crippen molar-refractivity contribution in [2.24, 2.45) is 0 Å². The molecule has 2 amide bonds. The van der Waals surface area contributed by atoms with Crippen LogP contribution >= 0.6 is 11.6 Å². The van der Waals surface area contributed by atoms with Gasteiger partial charge in [-0.3, -0.25) is 9.59 Å². The van der Waals surface area contributed by atoms with Gasteiger partial charge in [0.2, 0.25) is 5.91 Å². The maximum absolute atomic E-state index is 12.1. The second kappa shape index (κ2) is 8.23. The van der Waals surface area contributed by atoms with E-state index in [2.05, 4.69) is 5.32 Å². The smallest absolute Gasteiger partial charge is 0.262 e. The number of nitrogens with one attached hydrogen (secondary N) is 1. The minimum Gasteiger partial charge on any atom is -0.483 e. The lowest BCUT2D eigenvalue weighted by atomic mass is 10.2. The Morgan fingerprint density at radius 1 is 1.27 bits per heavy atom. The Kier molecular flexibility index (Phi) is 5.78. The van der Waals surface area contributed by atoms with Crippen molar-refractivity contribution in [1.29, 1.82) is 0 Å². The van der Waals surface area contributed by atoms with Crippen LogP contribution in [0.4, 0.5) is 5.69 Å². The zero-order valence-electron chi connectivity index (χ0n) is 14.6. The molecular weight excluding hydrogens is 352 g/mol. The van der Waals surface area contributed by atoms with E-state index in [0.717, 1.165) is 24.1 Å². The van der Waals surface area contributed by atoms with Gasteiger partial charge in [-0.25, -0.2) is 0 Å². The number of hydrogen-bond acceptors (Lipinski definition) is 3. The van der Waals surface area contributed by atoms with Gasteiger partial charge in [-0.05, 0) is 54.8 Å². The number of carbonyl (C=O) groups excluding carboxylic acids is 2. The summed E-state index contributed by atoms with van der Waals surface area (Å²) in [6, 6.07) is 12.8. The van der Waals surface area contributed by atoms with Crippen molar-refractivity contribution >= 4 is 29.1 Å². The van der Waals surface area contributed by atoms with Crippen LogP contribution in [0, 0.1) is 6.92 Å². The Morgan fingerprint density at radius 2 is 2.12 bits per heavy atom. The van der Waals surface area contributed by atoms with Crippen LogP contribution in [0.1, 0.15) is 24.0 Å². The zero-order chi connectivity index (χ0) is 18.5. The highest BCUT2D eigenvalue weighted by Gasteiger charge is 2.20. The quantitative estimate of drug-likeness (QED) is 0.839. The number of anilines is 1. The number of carbonyl (C=O) groups is 2. The number of rotatable bonds is 6. The molecule has 1 aliphatic heterocycles. The summed E-state index contributed by atoms with van der Waals surface area (Å²) in [6.45, 7) is 3.16. The van der Waals surface area contributed by atoms with Gasteiger partial charge in [-0.1, -0.05) is 23.7 Å². The highest BCUT2D eigenvalue weighted by atomic mass is 35.5. The summed E-state index contributed by atoms with van der Waals surface area (Å²) in [5.74, 6) is 0.575. The van der Waals surface area contributed by atoms with Crippen LogP contribution in [0.3, 0.4) is 0 Å². The van der Waals surface area contributed by atoms with Crippen LogP contribution < -0.4 is 10.1 Å². The lowest BCUT2D eigenvalue weighted by molar-refractivity contribution is -0.128. The van der Waals surface area contributed by atoms with Gasteiger partial charge >= 0.3 is 0 Å². The SMILES string of the molecule is Cc1cc(Cl)ccc1OCC(=O)Nc1cccc(CN2CCCC2=O)c1. The van der Waals surface area contributed by atoms with Crippen molar-refractivity contribution in [2.45, 2.75) is 26.3 Å². The molecule has 6 heteroatoms. The van der Waals surface area contributed by atoms with E-state index in [1.165, 1.54) is 0 Å². The Hall–Kier alpha value is -2.53. The average Bonchev–Trinajstić information content (AvgIpc) is 2.99. The molecule has 2 aromatic rings. The zero-order valence-corrected chi connectivity index (χ0v) is 15.4. The van der Waals surface area contributed by atoms with E-state index in [1.807, 2.05) is 36.1 Å². The molecule has 0 aromatic heterocycles. The first-order valence-electron chi connectivity index (χ1n) is 8.57. The molecule has 26 heavy (non-hydrogen) atoms. The monoisotopic (exact) mass is 372 g/mol. The van der Waals surface area contributed by atoms with E-state index >= 15 is 0 Å². The second-order valence-corrected chi connectivity index (χ2v) is 6.80. The molecule has 0 atom stereocenters. The molecule has 0 unspecified atom stereocenters. The van der Waals surface area contributed by atoms with Gasteiger partial charge in [-0.2, -0.15) is 0 Å². The van der Waals surface area contributed by atoms with Crippen molar-refractivity contribution in [3.8, 4) is 5.75 Å². The summed E-state index contributed by atoms with van der Waals surface area (Å²) in [6.07, 6.45) is 1.54. The minimum absolute atomic E-state index is 0.0860. The summed E-state index contributed by atoms with van der Waals surface area (Å²) in [5, 5.41) is 3.46. The molecule has 5 nitrogen and oxygen atoms in total. The third kappa shape index (κ3) is 4.76. The second-order valence-electron chi connectivity index (χ2n) is 6.37. The average molecular weight is 373 g/mol. The van der Waals surface area contributed by atoms with Gasteiger partial charge in [0.05, 0.1) is 0 Å².